The van der Waals surface area contributed by atoms with Crippen LogP contribution in [0.15, 0.2) is 77.8 Å². The second kappa shape index (κ2) is 6.40. The first kappa shape index (κ1) is 15.5. The number of benzene rings is 2. The number of halogens is 1. The third-order valence-electron chi connectivity index (χ3n) is 3.22. The topological polar surface area (TPSA) is 59.1 Å². The molecule has 0 saturated carbocycles. The number of anilines is 1. The van der Waals surface area contributed by atoms with E-state index in [1.165, 1.54) is 0 Å². The fourth-order valence-electron chi connectivity index (χ4n) is 2.15. The van der Waals surface area contributed by atoms with Crippen LogP contribution < -0.4 is 4.72 Å². The van der Waals surface area contributed by atoms with Crippen molar-refractivity contribution in [3.05, 3.63) is 77.9 Å². The summed E-state index contributed by atoms with van der Waals surface area (Å²) in [5.74, 6) is 0. The standard InChI is InChI=1S/C17H13ClN2O2S/c18-13-10-11-19-17(12-13)15-8-4-5-9-16(15)20-23(21,22)14-6-2-1-3-7-14/h1-12,20H. The molecule has 0 fully saturated rings. The van der Waals surface area contributed by atoms with Gasteiger partial charge in [0.05, 0.1) is 16.3 Å². The van der Waals surface area contributed by atoms with Gasteiger partial charge in [0.1, 0.15) is 0 Å². The van der Waals surface area contributed by atoms with Crippen molar-refractivity contribution in [1.29, 1.82) is 0 Å². The number of hydrogen-bond donors (Lipinski definition) is 1. The van der Waals surface area contributed by atoms with E-state index in [2.05, 4.69) is 9.71 Å². The van der Waals surface area contributed by atoms with Gasteiger partial charge in [-0.3, -0.25) is 9.71 Å². The van der Waals surface area contributed by atoms with Gasteiger partial charge >= 0.3 is 0 Å². The molecule has 6 heteroatoms. The summed E-state index contributed by atoms with van der Waals surface area (Å²) in [7, 11) is -3.66. The lowest BCUT2D eigenvalue weighted by molar-refractivity contribution is 0.601. The van der Waals surface area contributed by atoms with E-state index < -0.39 is 10.0 Å². The monoisotopic (exact) mass is 344 g/mol. The number of nitrogens with one attached hydrogen (secondary N) is 1. The lowest BCUT2D eigenvalue weighted by Gasteiger charge is -2.12. The van der Waals surface area contributed by atoms with Crippen molar-refractivity contribution in [3.63, 3.8) is 0 Å². The molecule has 0 amide bonds. The maximum absolute atomic E-state index is 12.5. The van der Waals surface area contributed by atoms with E-state index in [4.69, 9.17) is 11.6 Å². The van der Waals surface area contributed by atoms with Crippen molar-refractivity contribution < 1.29 is 8.42 Å². The fourth-order valence-corrected chi connectivity index (χ4v) is 3.41. The van der Waals surface area contributed by atoms with Crippen LogP contribution in [0.3, 0.4) is 0 Å². The Hall–Kier alpha value is -2.37. The number of pyridine rings is 1. The van der Waals surface area contributed by atoms with Crippen LogP contribution in [0, 0.1) is 0 Å². The van der Waals surface area contributed by atoms with Crippen LogP contribution in [0.1, 0.15) is 0 Å². The Morgan fingerprint density at radius 3 is 2.35 bits per heavy atom. The molecule has 23 heavy (non-hydrogen) atoms. The van der Waals surface area contributed by atoms with E-state index in [1.54, 1.807) is 66.9 Å². The van der Waals surface area contributed by atoms with Gasteiger partial charge in [-0.1, -0.05) is 48.0 Å². The molecule has 0 spiro atoms. The second-order valence-corrected chi connectivity index (χ2v) is 6.94. The largest absolute Gasteiger partial charge is 0.279 e. The molecular formula is C17H13ClN2O2S. The number of sulfonamides is 1. The van der Waals surface area contributed by atoms with Crippen LogP contribution in [0.2, 0.25) is 5.02 Å². The number of nitrogens with zero attached hydrogens (tertiary/aromatic N) is 1. The van der Waals surface area contributed by atoms with Crippen molar-refractivity contribution in [1.82, 2.24) is 4.98 Å². The zero-order valence-electron chi connectivity index (χ0n) is 12.0. The van der Waals surface area contributed by atoms with Gasteiger partial charge in [0.2, 0.25) is 0 Å². The first-order chi connectivity index (χ1) is 11.1. The van der Waals surface area contributed by atoms with Crippen LogP contribution in [0.4, 0.5) is 5.69 Å². The van der Waals surface area contributed by atoms with Crippen molar-refractivity contribution >= 4 is 27.3 Å². The van der Waals surface area contributed by atoms with Crippen molar-refractivity contribution in [2.24, 2.45) is 0 Å². The van der Waals surface area contributed by atoms with Gasteiger partial charge in [-0.2, -0.15) is 0 Å². The molecule has 0 saturated heterocycles. The van der Waals surface area contributed by atoms with Gasteiger partial charge in [0, 0.05) is 16.8 Å². The molecule has 0 atom stereocenters. The van der Waals surface area contributed by atoms with Crippen molar-refractivity contribution in [2.45, 2.75) is 4.90 Å². The van der Waals surface area contributed by atoms with E-state index in [-0.39, 0.29) is 4.90 Å². The number of rotatable bonds is 4. The van der Waals surface area contributed by atoms with Gasteiger partial charge in [-0.15, -0.1) is 0 Å². The molecule has 3 aromatic rings. The molecule has 0 aliphatic rings. The molecular weight excluding hydrogens is 332 g/mol. The highest BCUT2D eigenvalue weighted by molar-refractivity contribution is 7.92. The first-order valence-corrected chi connectivity index (χ1v) is 8.71. The van der Waals surface area contributed by atoms with Crippen LogP contribution >= 0.6 is 11.6 Å². The molecule has 0 aliphatic carbocycles. The Morgan fingerprint density at radius 1 is 0.913 bits per heavy atom. The smallest absolute Gasteiger partial charge is 0.261 e. The highest BCUT2D eigenvalue weighted by atomic mass is 35.5. The molecule has 0 aliphatic heterocycles. The molecule has 116 valence electrons. The van der Waals surface area contributed by atoms with E-state index >= 15 is 0 Å². The summed E-state index contributed by atoms with van der Waals surface area (Å²) in [6.07, 6.45) is 1.58. The summed E-state index contributed by atoms with van der Waals surface area (Å²) < 4.78 is 27.6. The second-order valence-electron chi connectivity index (χ2n) is 4.82. The van der Waals surface area contributed by atoms with Gasteiger partial charge in [-0.05, 0) is 30.3 Å². The van der Waals surface area contributed by atoms with Gasteiger partial charge in [0.15, 0.2) is 0 Å². The minimum absolute atomic E-state index is 0.203. The van der Waals surface area contributed by atoms with E-state index in [1.807, 2.05) is 6.07 Å². The Kier molecular flexibility index (Phi) is 4.32. The Labute approximate surface area is 139 Å². The highest BCUT2D eigenvalue weighted by Crippen LogP contribution is 2.29. The Bertz CT molecular complexity index is 928. The summed E-state index contributed by atoms with van der Waals surface area (Å²) in [6, 6.07) is 18.6. The fraction of sp³-hybridized carbons (Fsp3) is 0. The summed E-state index contributed by atoms with van der Waals surface area (Å²) >= 11 is 6.00. The SMILES string of the molecule is O=S(=O)(Nc1ccccc1-c1cc(Cl)ccn1)c1ccccc1. The number of hydrogen-bond acceptors (Lipinski definition) is 3. The average molecular weight is 345 g/mol. The molecule has 0 radical (unpaired) electrons. The zero-order chi connectivity index (χ0) is 16.3. The van der Waals surface area contributed by atoms with E-state index in [9.17, 15) is 8.42 Å². The third kappa shape index (κ3) is 3.52. The first-order valence-electron chi connectivity index (χ1n) is 6.85. The minimum atomic E-state index is -3.66. The van der Waals surface area contributed by atoms with Crippen LogP contribution in [0.5, 0.6) is 0 Å². The normalized spacial score (nSPS) is 11.2. The third-order valence-corrected chi connectivity index (χ3v) is 4.84. The van der Waals surface area contributed by atoms with Crippen LogP contribution in [0.25, 0.3) is 11.3 Å². The quantitative estimate of drug-likeness (QED) is 0.771. The molecule has 1 aromatic heterocycles. The maximum Gasteiger partial charge on any atom is 0.261 e. The zero-order valence-corrected chi connectivity index (χ0v) is 13.6. The van der Waals surface area contributed by atoms with E-state index in [0.29, 0.717) is 22.0 Å². The summed E-state index contributed by atoms with van der Waals surface area (Å²) in [4.78, 5) is 4.46. The lowest BCUT2D eigenvalue weighted by Crippen LogP contribution is -2.13. The van der Waals surface area contributed by atoms with Crippen LogP contribution in [-0.2, 0) is 10.0 Å². The van der Waals surface area contributed by atoms with Gasteiger partial charge < -0.3 is 0 Å². The maximum atomic E-state index is 12.5. The number of aromatic nitrogens is 1. The predicted octanol–water partition coefficient (Wildman–Crippen LogP) is 4.20. The molecule has 4 nitrogen and oxygen atoms in total. The summed E-state index contributed by atoms with van der Waals surface area (Å²) in [5.41, 5.74) is 1.71. The molecule has 1 N–H and O–H groups in total. The molecule has 0 bridgehead atoms. The number of para-hydroxylation sites is 1. The Balaban J connectivity index is 2.02. The van der Waals surface area contributed by atoms with Gasteiger partial charge in [-0.25, -0.2) is 8.42 Å². The lowest BCUT2D eigenvalue weighted by atomic mass is 10.1. The molecule has 0 unspecified atom stereocenters. The van der Waals surface area contributed by atoms with Crippen LogP contribution in [-0.4, -0.2) is 13.4 Å². The highest BCUT2D eigenvalue weighted by Gasteiger charge is 2.16. The van der Waals surface area contributed by atoms with Crippen molar-refractivity contribution in [3.8, 4) is 11.3 Å². The predicted molar refractivity (Wildman–Crippen MR) is 91.9 cm³/mol. The Morgan fingerprint density at radius 2 is 1.61 bits per heavy atom. The summed E-state index contributed by atoms with van der Waals surface area (Å²) in [6.45, 7) is 0. The molecule has 1 heterocycles. The molecule has 3 rings (SSSR count). The van der Waals surface area contributed by atoms with Crippen molar-refractivity contribution in [2.75, 3.05) is 4.72 Å². The van der Waals surface area contributed by atoms with E-state index in [0.717, 1.165) is 0 Å². The van der Waals surface area contributed by atoms with Gasteiger partial charge in [0.25, 0.3) is 10.0 Å². The molecule has 2 aromatic carbocycles. The average Bonchev–Trinajstić information content (AvgIpc) is 2.56. The minimum Gasteiger partial charge on any atom is -0.279 e. The summed E-state index contributed by atoms with van der Waals surface area (Å²) in [5, 5.41) is 0.538.